The smallest absolute Gasteiger partial charge is 0.302 e. The van der Waals surface area contributed by atoms with E-state index < -0.39 is 0 Å². The topological polar surface area (TPSA) is 43.4 Å². The van der Waals surface area contributed by atoms with Gasteiger partial charge in [-0.2, -0.15) is 0 Å². The van der Waals surface area contributed by atoms with E-state index in [1.807, 2.05) is 42.5 Å². The summed E-state index contributed by atoms with van der Waals surface area (Å²) in [6.45, 7) is 1.62. The first kappa shape index (κ1) is 13.6. The van der Waals surface area contributed by atoms with Gasteiger partial charge in [-0.1, -0.05) is 42.5 Å². The number of carbonyl (C=O) groups excluding carboxylic acids is 2. The second-order valence-electron chi connectivity index (χ2n) is 5.21. The Morgan fingerprint density at radius 3 is 2.62 bits per heavy atom. The van der Waals surface area contributed by atoms with E-state index >= 15 is 0 Å². The van der Waals surface area contributed by atoms with Gasteiger partial charge in [0.1, 0.15) is 6.61 Å². The lowest BCUT2D eigenvalue weighted by atomic mass is 9.95. The number of rotatable bonds is 2. The minimum absolute atomic E-state index is 0.0581. The Morgan fingerprint density at radius 1 is 1.05 bits per heavy atom. The molecule has 0 unspecified atom stereocenters. The zero-order chi connectivity index (χ0) is 14.8. The lowest BCUT2D eigenvalue weighted by molar-refractivity contribution is -0.142. The third-order valence-corrected chi connectivity index (χ3v) is 3.85. The van der Waals surface area contributed by atoms with Gasteiger partial charge in [0.15, 0.2) is 5.78 Å². The van der Waals surface area contributed by atoms with Gasteiger partial charge in [-0.25, -0.2) is 0 Å². The molecule has 0 fully saturated rings. The molecule has 0 amide bonds. The Kier molecular flexibility index (Phi) is 3.57. The number of ketones is 1. The highest BCUT2D eigenvalue weighted by Gasteiger charge is 2.22. The maximum absolute atomic E-state index is 12.7. The molecule has 3 heteroatoms. The first-order valence-electron chi connectivity index (χ1n) is 7.03. The first-order valence-corrected chi connectivity index (χ1v) is 7.03. The van der Waals surface area contributed by atoms with Gasteiger partial charge in [-0.05, 0) is 29.5 Å². The Labute approximate surface area is 123 Å². The zero-order valence-corrected chi connectivity index (χ0v) is 11.9. The van der Waals surface area contributed by atoms with Crippen LogP contribution in [0.1, 0.15) is 39.5 Å². The van der Waals surface area contributed by atoms with Crippen LogP contribution < -0.4 is 0 Å². The molecular weight excluding hydrogens is 264 g/mol. The summed E-state index contributed by atoms with van der Waals surface area (Å²) >= 11 is 0. The van der Waals surface area contributed by atoms with Gasteiger partial charge in [0.25, 0.3) is 0 Å². The highest BCUT2D eigenvalue weighted by atomic mass is 16.5. The summed E-state index contributed by atoms with van der Waals surface area (Å²) in [5, 5.41) is 0. The van der Waals surface area contributed by atoms with E-state index in [0.29, 0.717) is 0 Å². The fraction of sp³-hybridized carbons (Fsp3) is 0.222. The minimum atomic E-state index is -0.309. The van der Waals surface area contributed by atoms with Crippen molar-refractivity contribution in [1.29, 1.82) is 0 Å². The average Bonchev–Trinajstić information content (AvgIpc) is 2.64. The number of hydrogen-bond donors (Lipinski definition) is 0. The van der Waals surface area contributed by atoms with E-state index in [2.05, 4.69) is 0 Å². The summed E-state index contributed by atoms with van der Waals surface area (Å²) in [6.07, 6.45) is 1.61. The van der Waals surface area contributed by atoms with Crippen molar-refractivity contribution in [1.82, 2.24) is 0 Å². The quantitative estimate of drug-likeness (QED) is 0.794. The molecule has 1 aliphatic rings. The summed E-state index contributed by atoms with van der Waals surface area (Å²) in [5.41, 5.74) is 4.51. The third kappa shape index (κ3) is 2.59. The number of esters is 1. The van der Waals surface area contributed by atoms with Gasteiger partial charge in [0, 0.05) is 18.1 Å². The Balaban J connectivity index is 2.03. The molecule has 0 saturated carbocycles. The molecule has 0 N–H and O–H groups in total. The number of aryl methyl sites for hydroxylation is 1. The highest BCUT2D eigenvalue weighted by Crippen LogP contribution is 2.27. The van der Waals surface area contributed by atoms with Crippen LogP contribution in [0, 0.1) is 0 Å². The Hall–Kier alpha value is -2.42. The number of carbonyl (C=O) groups is 2. The minimum Gasteiger partial charge on any atom is -0.461 e. The van der Waals surface area contributed by atoms with Crippen molar-refractivity contribution >= 4 is 11.8 Å². The van der Waals surface area contributed by atoms with Crippen LogP contribution in [0.3, 0.4) is 0 Å². The molecule has 0 spiro atoms. The highest BCUT2D eigenvalue weighted by molar-refractivity contribution is 6.11. The van der Waals surface area contributed by atoms with Gasteiger partial charge in [-0.3, -0.25) is 9.59 Å². The van der Waals surface area contributed by atoms with Crippen LogP contribution in [0.5, 0.6) is 0 Å². The lowest BCUT2D eigenvalue weighted by Crippen LogP contribution is -2.08. The van der Waals surface area contributed by atoms with Crippen molar-refractivity contribution in [2.45, 2.75) is 26.4 Å². The molecule has 0 radical (unpaired) electrons. The summed E-state index contributed by atoms with van der Waals surface area (Å²) in [5.74, 6) is -0.251. The van der Waals surface area contributed by atoms with E-state index in [9.17, 15) is 9.59 Å². The predicted octanol–water partition coefficient (Wildman–Crippen LogP) is 3.08. The van der Waals surface area contributed by atoms with E-state index in [1.165, 1.54) is 6.92 Å². The van der Waals surface area contributed by atoms with Crippen LogP contribution in [-0.2, 0) is 29.0 Å². The summed E-state index contributed by atoms with van der Waals surface area (Å²) in [4.78, 5) is 23.7. The molecule has 3 rings (SSSR count). The van der Waals surface area contributed by atoms with Gasteiger partial charge in [0.2, 0.25) is 0 Å². The van der Waals surface area contributed by atoms with Crippen LogP contribution in [0.25, 0.3) is 0 Å². The van der Waals surface area contributed by atoms with Gasteiger partial charge in [0.05, 0.1) is 0 Å². The normalized spacial score (nSPS) is 13.1. The first-order chi connectivity index (χ1) is 10.2. The molecule has 2 aromatic rings. The molecule has 21 heavy (non-hydrogen) atoms. The summed E-state index contributed by atoms with van der Waals surface area (Å²) < 4.78 is 5.10. The monoisotopic (exact) mass is 280 g/mol. The van der Waals surface area contributed by atoms with Crippen molar-refractivity contribution in [3.05, 3.63) is 70.3 Å². The second kappa shape index (κ2) is 5.52. The molecule has 0 bridgehead atoms. The van der Waals surface area contributed by atoms with Crippen molar-refractivity contribution in [2.24, 2.45) is 0 Å². The van der Waals surface area contributed by atoms with Crippen LogP contribution >= 0.6 is 0 Å². The zero-order valence-electron chi connectivity index (χ0n) is 11.9. The number of ether oxygens (including phenoxy) is 1. The van der Waals surface area contributed by atoms with Gasteiger partial charge >= 0.3 is 5.97 Å². The van der Waals surface area contributed by atoms with E-state index in [-0.39, 0.29) is 18.4 Å². The Bertz CT molecular complexity index is 716. The molecular formula is C18H16O3. The van der Waals surface area contributed by atoms with Crippen LogP contribution in [-0.4, -0.2) is 11.8 Å². The van der Waals surface area contributed by atoms with Crippen molar-refractivity contribution in [3.63, 3.8) is 0 Å². The molecule has 2 aromatic carbocycles. The van der Waals surface area contributed by atoms with E-state index in [4.69, 9.17) is 4.74 Å². The molecule has 0 atom stereocenters. The van der Waals surface area contributed by atoms with E-state index in [1.54, 1.807) is 0 Å². The third-order valence-electron chi connectivity index (χ3n) is 3.85. The van der Waals surface area contributed by atoms with Gasteiger partial charge in [-0.15, -0.1) is 0 Å². The van der Waals surface area contributed by atoms with Crippen molar-refractivity contribution in [2.75, 3.05) is 0 Å². The SMILES string of the molecule is CC(=O)OCc1cccc2c1CCc1ccccc1C2=O. The predicted molar refractivity (Wildman–Crippen MR) is 79.2 cm³/mol. The molecule has 0 saturated heterocycles. The van der Waals surface area contributed by atoms with Crippen LogP contribution in [0.2, 0.25) is 0 Å². The van der Waals surface area contributed by atoms with Crippen LogP contribution in [0.15, 0.2) is 42.5 Å². The lowest BCUT2D eigenvalue weighted by Gasteiger charge is -2.11. The molecule has 0 aromatic heterocycles. The molecule has 106 valence electrons. The molecule has 1 aliphatic carbocycles. The summed E-state index contributed by atoms with van der Waals surface area (Å²) in [7, 11) is 0. The number of benzene rings is 2. The molecule has 3 nitrogen and oxygen atoms in total. The van der Waals surface area contributed by atoms with Crippen molar-refractivity contribution < 1.29 is 14.3 Å². The fourth-order valence-electron chi connectivity index (χ4n) is 2.82. The Morgan fingerprint density at radius 2 is 1.81 bits per heavy atom. The van der Waals surface area contributed by atoms with Crippen LogP contribution in [0.4, 0.5) is 0 Å². The fourth-order valence-corrected chi connectivity index (χ4v) is 2.82. The average molecular weight is 280 g/mol. The maximum Gasteiger partial charge on any atom is 0.302 e. The van der Waals surface area contributed by atoms with Gasteiger partial charge < -0.3 is 4.74 Å². The second-order valence-corrected chi connectivity index (χ2v) is 5.21. The van der Waals surface area contributed by atoms with E-state index in [0.717, 1.165) is 40.7 Å². The van der Waals surface area contributed by atoms with Crippen molar-refractivity contribution in [3.8, 4) is 0 Å². The largest absolute Gasteiger partial charge is 0.461 e. The number of fused-ring (bicyclic) bond motifs is 2. The summed E-state index contributed by atoms with van der Waals surface area (Å²) in [6, 6.07) is 13.4. The standard InChI is InChI=1S/C18H16O3/c1-12(19)21-11-14-6-4-8-17-15(14)10-9-13-5-2-3-7-16(13)18(17)20/h2-8H,9-11H2,1H3. The maximum atomic E-state index is 12.7. The molecule has 0 aliphatic heterocycles. The number of hydrogen-bond acceptors (Lipinski definition) is 3. The molecule has 0 heterocycles.